The first-order valence-electron chi connectivity index (χ1n) is 3.22. The minimum atomic E-state index is 0.473. The van der Waals surface area contributed by atoms with Gasteiger partial charge in [0.2, 0.25) is 0 Å². The molecule has 0 heterocycles. The molecule has 50 valence electrons. The Hall–Kier alpha value is 0.0400. The Morgan fingerprint density at radius 1 is 1.44 bits per heavy atom. The predicted molar refractivity (Wildman–Crippen MR) is 43.1 cm³/mol. The van der Waals surface area contributed by atoms with Crippen molar-refractivity contribution in [3.63, 3.8) is 0 Å². The summed E-state index contributed by atoms with van der Waals surface area (Å²) in [6.45, 7) is 6.78. The van der Waals surface area contributed by atoms with E-state index < -0.39 is 0 Å². The average Bonchev–Trinajstić information content (AvgIpc) is 2.19. The van der Waals surface area contributed by atoms with Crippen LogP contribution in [0.15, 0.2) is 0 Å². The summed E-state index contributed by atoms with van der Waals surface area (Å²) >= 11 is 3.11. The molecule has 0 aromatic rings. The Bertz CT molecular complexity index is 171. The standard InChI is InChI=1S/C8H11Br/c1-6-7(4-5-9)8(6,2)3/h6-7H,1-3H3. The molecule has 2 atom stereocenters. The lowest BCUT2D eigenvalue weighted by molar-refractivity contribution is 0.573. The van der Waals surface area contributed by atoms with Crippen molar-refractivity contribution in [2.24, 2.45) is 17.3 Å². The van der Waals surface area contributed by atoms with Crippen molar-refractivity contribution in [2.75, 3.05) is 0 Å². The van der Waals surface area contributed by atoms with Crippen molar-refractivity contribution in [1.29, 1.82) is 0 Å². The molecule has 0 aromatic carbocycles. The van der Waals surface area contributed by atoms with E-state index in [0.29, 0.717) is 11.3 Å². The zero-order valence-corrected chi connectivity index (χ0v) is 7.62. The van der Waals surface area contributed by atoms with Crippen LogP contribution in [-0.4, -0.2) is 0 Å². The minimum absolute atomic E-state index is 0.473. The van der Waals surface area contributed by atoms with E-state index in [1.54, 1.807) is 0 Å². The van der Waals surface area contributed by atoms with Gasteiger partial charge in [0, 0.05) is 21.8 Å². The molecule has 1 heteroatoms. The first kappa shape index (κ1) is 7.15. The SMILES string of the molecule is CC1C(C#CBr)C1(C)C. The maximum atomic E-state index is 3.13. The molecule has 1 aliphatic carbocycles. The number of halogens is 1. The van der Waals surface area contributed by atoms with Crippen LogP contribution in [0.1, 0.15) is 20.8 Å². The van der Waals surface area contributed by atoms with E-state index >= 15 is 0 Å². The molecule has 0 nitrogen and oxygen atoms in total. The summed E-state index contributed by atoms with van der Waals surface area (Å²) in [7, 11) is 0. The van der Waals surface area contributed by atoms with Gasteiger partial charge in [-0.05, 0) is 16.2 Å². The monoisotopic (exact) mass is 186 g/mol. The minimum Gasteiger partial charge on any atom is -0.0865 e. The van der Waals surface area contributed by atoms with E-state index in [4.69, 9.17) is 0 Å². The fourth-order valence-corrected chi connectivity index (χ4v) is 1.51. The van der Waals surface area contributed by atoms with E-state index in [9.17, 15) is 0 Å². The molecule has 1 fully saturated rings. The van der Waals surface area contributed by atoms with Gasteiger partial charge >= 0.3 is 0 Å². The van der Waals surface area contributed by atoms with Crippen LogP contribution in [0.25, 0.3) is 0 Å². The molecule has 0 bridgehead atoms. The number of hydrogen-bond donors (Lipinski definition) is 0. The van der Waals surface area contributed by atoms with Crippen molar-refractivity contribution >= 4 is 15.9 Å². The van der Waals surface area contributed by atoms with Gasteiger partial charge in [-0.3, -0.25) is 0 Å². The summed E-state index contributed by atoms with van der Waals surface area (Å²) in [6.07, 6.45) is 0. The molecule has 0 amide bonds. The topological polar surface area (TPSA) is 0 Å². The van der Waals surface area contributed by atoms with Crippen molar-refractivity contribution < 1.29 is 0 Å². The average molecular weight is 187 g/mol. The summed E-state index contributed by atoms with van der Waals surface area (Å²) in [5.74, 6) is 4.53. The second-order valence-electron chi connectivity index (χ2n) is 3.33. The first-order chi connectivity index (χ1) is 4.10. The maximum absolute atomic E-state index is 3.13. The summed E-state index contributed by atoms with van der Waals surface area (Å²) in [4.78, 5) is 2.78. The van der Waals surface area contributed by atoms with Gasteiger partial charge in [0.1, 0.15) is 0 Å². The molecule has 2 unspecified atom stereocenters. The summed E-state index contributed by atoms with van der Waals surface area (Å²) in [6, 6.07) is 0. The third-order valence-electron chi connectivity index (χ3n) is 2.58. The summed E-state index contributed by atoms with van der Waals surface area (Å²) in [5.41, 5.74) is 0.473. The molecule has 9 heavy (non-hydrogen) atoms. The summed E-state index contributed by atoms with van der Waals surface area (Å²) in [5, 5.41) is 0. The number of hydrogen-bond acceptors (Lipinski definition) is 0. The second kappa shape index (κ2) is 2.02. The highest BCUT2D eigenvalue weighted by Crippen LogP contribution is 2.57. The number of rotatable bonds is 0. The predicted octanol–water partition coefficient (Wildman–Crippen LogP) is 2.63. The fourth-order valence-electron chi connectivity index (χ4n) is 1.26. The lowest BCUT2D eigenvalue weighted by Gasteiger charge is -1.93. The van der Waals surface area contributed by atoms with Gasteiger partial charge in [0.05, 0.1) is 0 Å². The van der Waals surface area contributed by atoms with E-state index in [1.807, 2.05) is 0 Å². The lowest BCUT2D eigenvalue weighted by Crippen LogP contribution is -1.86. The Kier molecular flexibility index (Phi) is 1.61. The second-order valence-corrected chi connectivity index (χ2v) is 3.72. The molecule has 0 aromatic heterocycles. The zero-order valence-electron chi connectivity index (χ0n) is 6.03. The van der Waals surface area contributed by atoms with Crippen molar-refractivity contribution in [1.82, 2.24) is 0 Å². The third-order valence-corrected chi connectivity index (χ3v) is 2.81. The normalized spacial score (nSPS) is 36.9. The molecule has 0 saturated heterocycles. The summed E-state index contributed by atoms with van der Waals surface area (Å²) < 4.78 is 0. The maximum Gasteiger partial charge on any atom is 0.0297 e. The van der Waals surface area contributed by atoms with Crippen molar-refractivity contribution in [3.8, 4) is 10.8 Å². The van der Waals surface area contributed by atoms with Crippen LogP contribution < -0.4 is 0 Å². The van der Waals surface area contributed by atoms with E-state index in [2.05, 4.69) is 47.5 Å². The highest BCUT2D eigenvalue weighted by molar-refractivity contribution is 9.12. The van der Waals surface area contributed by atoms with Crippen molar-refractivity contribution in [2.45, 2.75) is 20.8 Å². The Morgan fingerprint density at radius 2 is 1.89 bits per heavy atom. The molecule has 0 aliphatic heterocycles. The lowest BCUT2D eigenvalue weighted by atomic mass is 10.1. The van der Waals surface area contributed by atoms with Gasteiger partial charge in [-0.1, -0.05) is 26.7 Å². The molecule has 0 N–H and O–H groups in total. The largest absolute Gasteiger partial charge is 0.0865 e. The molecule has 1 rings (SSSR count). The van der Waals surface area contributed by atoms with Gasteiger partial charge in [0.25, 0.3) is 0 Å². The van der Waals surface area contributed by atoms with Gasteiger partial charge in [0.15, 0.2) is 0 Å². The highest BCUT2D eigenvalue weighted by Gasteiger charge is 2.53. The molecule has 0 radical (unpaired) electrons. The Balaban J connectivity index is 2.59. The van der Waals surface area contributed by atoms with Gasteiger partial charge in [-0.2, -0.15) is 0 Å². The quantitative estimate of drug-likeness (QED) is 0.511. The molecular formula is C8H11Br. The van der Waals surface area contributed by atoms with Gasteiger partial charge < -0.3 is 0 Å². The Labute approximate surface area is 65.2 Å². The molecule has 0 spiro atoms. The van der Waals surface area contributed by atoms with Crippen molar-refractivity contribution in [3.05, 3.63) is 0 Å². The van der Waals surface area contributed by atoms with Crippen LogP contribution >= 0.6 is 15.9 Å². The van der Waals surface area contributed by atoms with Crippen LogP contribution in [0.3, 0.4) is 0 Å². The molecular weight excluding hydrogens is 176 g/mol. The van der Waals surface area contributed by atoms with Gasteiger partial charge in [-0.15, -0.1) is 0 Å². The zero-order chi connectivity index (χ0) is 7.07. The van der Waals surface area contributed by atoms with Crippen LogP contribution in [0.4, 0.5) is 0 Å². The first-order valence-corrected chi connectivity index (χ1v) is 4.01. The van der Waals surface area contributed by atoms with E-state index in [0.717, 1.165) is 5.92 Å². The smallest absolute Gasteiger partial charge is 0.0297 e. The van der Waals surface area contributed by atoms with E-state index in [-0.39, 0.29) is 0 Å². The van der Waals surface area contributed by atoms with Crippen LogP contribution in [0.5, 0.6) is 0 Å². The van der Waals surface area contributed by atoms with Crippen LogP contribution in [0.2, 0.25) is 0 Å². The Morgan fingerprint density at radius 3 is 2.00 bits per heavy atom. The fraction of sp³-hybridized carbons (Fsp3) is 0.750. The van der Waals surface area contributed by atoms with Gasteiger partial charge in [-0.25, -0.2) is 0 Å². The third kappa shape index (κ3) is 1.01. The highest BCUT2D eigenvalue weighted by atomic mass is 79.9. The van der Waals surface area contributed by atoms with E-state index in [1.165, 1.54) is 0 Å². The molecule has 1 saturated carbocycles. The molecule has 1 aliphatic rings. The van der Waals surface area contributed by atoms with Crippen LogP contribution in [-0.2, 0) is 0 Å². The van der Waals surface area contributed by atoms with Crippen LogP contribution in [0, 0.1) is 28.0 Å².